The van der Waals surface area contributed by atoms with Gasteiger partial charge in [-0.1, -0.05) is 36.4 Å². The molecule has 0 fully saturated rings. The lowest BCUT2D eigenvalue weighted by molar-refractivity contribution is -0.114. The van der Waals surface area contributed by atoms with Crippen LogP contribution in [0, 0.1) is 0 Å². The van der Waals surface area contributed by atoms with Gasteiger partial charge in [0.25, 0.3) is 0 Å². The van der Waals surface area contributed by atoms with Crippen molar-refractivity contribution in [3.8, 4) is 0 Å². The van der Waals surface area contributed by atoms with Crippen LogP contribution in [-0.4, -0.2) is 22.3 Å². The van der Waals surface area contributed by atoms with Gasteiger partial charge < -0.3 is 5.32 Å². The normalized spacial score (nSPS) is 10.8. The highest BCUT2D eigenvalue weighted by atomic mass is 16.1. The van der Waals surface area contributed by atoms with Gasteiger partial charge in [-0.3, -0.25) is 10.2 Å². The number of anilines is 2. The molecule has 2 N–H and O–H groups in total. The summed E-state index contributed by atoms with van der Waals surface area (Å²) in [5, 5.41) is 16.9. The fraction of sp³-hybridized carbons (Fsp3) is 0.0588. The number of carbonyl (C=O) groups excluding carboxylic acids is 1. The fourth-order valence-corrected chi connectivity index (χ4v) is 2.13. The van der Waals surface area contributed by atoms with Crippen molar-refractivity contribution in [3.63, 3.8) is 0 Å². The van der Waals surface area contributed by atoms with Crippen LogP contribution in [0.15, 0.2) is 59.8 Å². The van der Waals surface area contributed by atoms with Gasteiger partial charge in [-0.2, -0.15) is 10.2 Å². The van der Waals surface area contributed by atoms with Gasteiger partial charge in [0, 0.05) is 23.4 Å². The summed E-state index contributed by atoms with van der Waals surface area (Å²) >= 11 is 0. The molecule has 114 valence electrons. The Morgan fingerprint density at radius 3 is 2.70 bits per heavy atom. The third-order valence-corrected chi connectivity index (χ3v) is 3.19. The summed E-state index contributed by atoms with van der Waals surface area (Å²) in [5.41, 5.74) is 4.56. The minimum atomic E-state index is -0.0948. The number of nitrogens with one attached hydrogen (secondary N) is 2. The molecule has 6 heteroatoms. The van der Waals surface area contributed by atoms with Crippen LogP contribution >= 0.6 is 0 Å². The minimum Gasteiger partial charge on any atom is -0.326 e. The number of rotatable bonds is 4. The summed E-state index contributed by atoms with van der Waals surface area (Å²) < 4.78 is 0. The fourth-order valence-electron chi connectivity index (χ4n) is 2.13. The van der Waals surface area contributed by atoms with Gasteiger partial charge in [0.1, 0.15) is 0 Å². The van der Waals surface area contributed by atoms with E-state index in [2.05, 4.69) is 26.0 Å². The van der Waals surface area contributed by atoms with Gasteiger partial charge in [0.2, 0.25) is 5.91 Å². The topological polar surface area (TPSA) is 79.3 Å². The summed E-state index contributed by atoms with van der Waals surface area (Å²) in [5.74, 6) is 0.511. The van der Waals surface area contributed by atoms with Crippen molar-refractivity contribution in [2.45, 2.75) is 6.92 Å². The molecule has 0 unspecified atom stereocenters. The van der Waals surface area contributed by atoms with Crippen molar-refractivity contribution in [3.05, 3.63) is 60.3 Å². The second-order valence-corrected chi connectivity index (χ2v) is 4.95. The van der Waals surface area contributed by atoms with Crippen LogP contribution in [0.5, 0.6) is 0 Å². The lowest BCUT2D eigenvalue weighted by atomic mass is 10.2. The number of benzene rings is 2. The van der Waals surface area contributed by atoms with Gasteiger partial charge in [-0.15, -0.1) is 5.10 Å². The third-order valence-electron chi connectivity index (χ3n) is 3.19. The van der Waals surface area contributed by atoms with Gasteiger partial charge >= 0.3 is 0 Å². The molecule has 0 bridgehead atoms. The Morgan fingerprint density at radius 2 is 1.91 bits per heavy atom. The molecule has 1 amide bonds. The number of fused-ring (bicyclic) bond motifs is 1. The van der Waals surface area contributed by atoms with E-state index in [1.54, 1.807) is 12.4 Å². The van der Waals surface area contributed by atoms with E-state index in [4.69, 9.17) is 0 Å². The Bertz CT molecular complexity index is 853. The molecule has 0 spiro atoms. The summed E-state index contributed by atoms with van der Waals surface area (Å²) in [6.07, 6.45) is 3.39. The van der Waals surface area contributed by atoms with Gasteiger partial charge in [-0.25, -0.2) is 0 Å². The van der Waals surface area contributed by atoms with Crippen LogP contribution in [0.25, 0.3) is 10.8 Å². The maximum atomic E-state index is 11.0. The van der Waals surface area contributed by atoms with Crippen LogP contribution in [0.3, 0.4) is 0 Å². The van der Waals surface area contributed by atoms with E-state index in [1.165, 1.54) is 6.92 Å². The molecule has 3 aromatic rings. The zero-order valence-electron chi connectivity index (χ0n) is 12.5. The van der Waals surface area contributed by atoms with E-state index in [1.807, 2.05) is 48.5 Å². The van der Waals surface area contributed by atoms with Crippen molar-refractivity contribution in [1.29, 1.82) is 0 Å². The number of carbonyl (C=O) groups is 1. The molecule has 0 aliphatic heterocycles. The highest BCUT2D eigenvalue weighted by molar-refractivity contribution is 5.92. The molecule has 23 heavy (non-hydrogen) atoms. The maximum absolute atomic E-state index is 11.0. The first kappa shape index (κ1) is 14.6. The average molecular weight is 305 g/mol. The molecular weight excluding hydrogens is 290 g/mol. The van der Waals surface area contributed by atoms with E-state index >= 15 is 0 Å². The quantitative estimate of drug-likeness (QED) is 0.573. The van der Waals surface area contributed by atoms with Gasteiger partial charge in [0.15, 0.2) is 5.82 Å². The van der Waals surface area contributed by atoms with E-state index in [9.17, 15) is 4.79 Å². The standard InChI is InChI=1S/C17H15N5O/c1-12(23)20-15-8-6-13(7-9-15)10-18-21-17-16-5-3-2-4-14(16)11-19-22-17/h2-11H,1H3,(H,20,23)(H,21,22). The molecule has 0 radical (unpaired) electrons. The second kappa shape index (κ2) is 6.65. The van der Waals surface area contributed by atoms with E-state index in [-0.39, 0.29) is 5.91 Å². The van der Waals surface area contributed by atoms with Crippen molar-refractivity contribution in [2.24, 2.45) is 5.10 Å². The highest BCUT2D eigenvalue weighted by Gasteiger charge is 2.00. The average Bonchev–Trinajstić information content (AvgIpc) is 2.56. The van der Waals surface area contributed by atoms with Crippen molar-refractivity contribution in [2.75, 3.05) is 10.7 Å². The predicted octanol–water partition coefficient (Wildman–Crippen LogP) is 3.03. The van der Waals surface area contributed by atoms with Crippen LogP contribution in [0.1, 0.15) is 12.5 Å². The molecule has 0 atom stereocenters. The first-order chi connectivity index (χ1) is 11.2. The first-order valence-electron chi connectivity index (χ1n) is 7.09. The number of hydrogen-bond acceptors (Lipinski definition) is 5. The van der Waals surface area contributed by atoms with Crippen molar-refractivity contribution in [1.82, 2.24) is 10.2 Å². The number of aromatic nitrogens is 2. The molecule has 1 aromatic heterocycles. The lowest BCUT2D eigenvalue weighted by Gasteiger charge is -2.03. The molecule has 6 nitrogen and oxygen atoms in total. The first-order valence-corrected chi connectivity index (χ1v) is 7.09. The molecule has 0 saturated carbocycles. The lowest BCUT2D eigenvalue weighted by Crippen LogP contribution is -2.05. The summed E-state index contributed by atoms with van der Waals surface area (Å²) in [6.45, 7) is 1.48. The van der Waals surface area contributed by atoms with Gasteiger partial charge in [-0.05, 0) is 17.7 Å². The smallest absolute Gasteiger partial charge is 0.221 e. The van der Waals surface area contributed by atoms with E-state index in [0.29, 0.717) is 5.82 Å². The van der Waals surface area contributed by atoms with Gasteiger partial charge in [0.05, 0.1) is 12.4 Å². The Labute approximate surface area is 133 Å². The van der Waals surface area contributed by atoms with Crippen LogP contribution in [-0.2, 0) is 4.79 Å². The minimum absolute atomic E-state index is 0.0948. The molecule has 3 rings (SSSR count). The number of nitrogens with zero attached hydrogens (tertiary/aromatic N) is 3. The largest absolute Gasteiger partial charge is 0.326 e. The van der Waals surface area contributed by atoms with E-state index in [0.717, 1.165) is 22.0 Å². The SMILES string of the molecule is CC(=O)Nc1ccc(C=NNc2nncc3ccccc23)cc1. The molecule has 1 heterocycles. The monoisotopic (exact) mass is 305 g/mol. The van der Waals surface area contributed by atoms with Crippen LogP contribution in [0.4, 0.5) is 11.5 Å². The summed E-state index contributed by atoms with van der Waals surface area (Å²) in [4.78, 5) is 11.0. The Hall–Kier alpha value is -3.28. The summed E-state index contributed by atoms with van der Waals surface area (Å²) in [7, 11) is 0. The molecular formula is C17H15N5O. The van der Waals surface area contributed by atoms with E-state index < -0.39 is 0 Å². The zero-order chi connectivity index (χ0) is 16.1. The van der Waals surface area contributed by atoms with Crippen LogP contribution < -0.4 is 10.7 Å². The molecule has 2 aromatic carbocycles. The summed E-state index contributed by atoms with van der Waals surface area (Å²) in [6, 6.07) is 15.2. The van der Waals surface area contributed by atoms with Crippen LogP contribution in [0.2, 0.25) is 0 Å². The Kier molecular flexibility index (Phi) is 4.24. The molecule has 0 aliphatic rings. The zero-order valence-corrected chi connectivity index (χ0v) is 12.5. The number of hydrazone groups is 1. The number of amides is 1. The van der Waals surface area contributed by atoms with Crippen molar-refractivity contribution < 1.29 is 4.79 Å². The highest BCUT2D eigenvalue weighted by Crippen LogP contribution is 2.19. The predicted molar refractivity (Wildman–Crippen MR) is 91.5 cm³/mol. The van der Waals surface area contributed by atoms with Crippen molar-refractivity contribution >= 4 is 34.4 Å². The molecule has 0 aliphatic carbocycles. The Balaban J connectivity index is 1.72. The molecule has 0 saturated heterocycles. The Morgan fingerprint density at radius 1 is 1.13 bits per heavy atom. The maximum Gasteiger partial charge on any atom is 0.221 e. The second-order valence-electron chi connectivity index (χ2n) is 4.95. The number of hydrogen-bond donors (Lipinski definition) is 2. The third kappa shape index (κ3) is 3.68.